The molecule has 0 aliphatic heterocycles. The average molecular weight is 417 g/mol. The molecule has 0 spiro atoms. The predicted octanol–water partition coefficient (Wildman–Crippen LogP) is 2.33. The molecule has 2 rings (SSSR count). The lowest BCUT2D eigenvalue weighted by molar-refractivity contribution is -0.114. The average Bonchev–Trinajstić information content (AvgIpc) is 2.72. The van der Waals surface area contributed by atoms with E-state index in [1.807, 2.05) is 0 Å². The molecule has 2 aromatic carbocycles. The van der Waals surface area contributed by atoms with Gasteiger partial charge >= 0.3 is 5.97 Å². The number of ether oxygens (including phenoxy) is 1. The highest BCUT2D eigenvalue weighted by Gasteiger charge is 2.19. The first-order chi connectivity index (χ1) is 13.8. The second-order valence-electron chi connectivity index (χ2n) is 6.07. The zero-order chi connectivity index (χ0) is 21.4. The zero-order valence-corrected chi connectivity index (χ0v) is 17.0. The Hall–Kier alpha value is -3.17. The van der Waals surface area contributed by atoms with Crippen molar-refractivity contribution in [3.05, 3.63) is 66.7 Å². The molecule has 0 saturated heterocycles. The summed E-state index contributed by atoms with van der Waals surface area (Å²) in [5.41, 5.74) is 1.53. The third kappa shape index (κ3) is 5.90. The van der Waals surface area contributed by atoms with Crippen LogP contribution in [0.4, 0.5) is 11.4 Å². The minimum absolute atomic E-state index is 0.0127. The number of carbonyl (C=O) groups is 2. The van der Waals surface area contributed by atoms with E-state index in [2.05, 4.69) is 21.9 Å². The van der Waals surface area contributed by atoms with E-state index >= 15 is 0 Å². The number of esters is 1. The molecule has 154 valence electrons. The fraction of sp³-hybridized carbons (Fsp3) is 0.200. The maximum atomic E-state index is 12.4. The molecule has 29 heavy (non-hydrogen) atoms. The molecule has 0 bridgehead atoms. The molecule has 0 aromatic heterocycles. The molecule has 0 fully saturated rings. The van der Waals surface area contributed by atoms with Crippen LogP contribution in [0.5, 0.6) is 0 Å². The number of hydrogen-bond acceptors (Lipinski definition) is 6. The number of rotatable bonds is 9. The van der Waals surface area contributed by atoms with E-state index < -0.39 is 16.0 Å². The quantitative estimate of drug-likeness (QED) is 0.479. The smallest absolute Gasteiger partial charge is 0.337 e. The number of anilines is 2. The molecule has 9 heteroatoms. The summed E-state index contributed by atoms with van der Waals surface area (Å²) >= 11 is 0. The minimum atomic E-state index is -3.58. The van der Waals surface area contributed by atoms with Crippen molar-refractivity contribution in [3.8, 4) is 0 Å². The van der Waals surface area contributed by atoms with Crippen LogP contribution >= 0.6 is 0 Å². The first-order valence-corrected chi connectivity index (χ1v) is 10.1. The van der Waals surface area contributed by atoms with Gasteiger partial charge in [-0.2, -0.15) is 4.31 Å². The highest BCUT2D eigenvalue weighted by Crippen LogP contribution is 2.17. The van der Waals surface area contributed by atoms with Gasteiger partial charge in [-0.05, 0) is 48.5 Å². The number of nitrogens with zero attached hydrogens (tertiary/aromatic N) is 1. The Labute approximate surface area is 170 Å². The summed E-state index contributed by atoms with van der Waals surface area (Å²) in [6.07, 6.45) is 1.51. The molecule has 8 nitrogen and oxygen atoms in total. The fourth-order valence-electron chi connectivity index (χ4n) is 2.40. The van der Waals surface area contributed by atoms with Crippen LogP contribution in [0.25, 0.3) is 0 Å². The summed E-state index contributed by atoms with van der Waals surface area (Å²) in [4.78, 5) is 23.6. The highest BCUT2D eigenvalue weighted by molar-refractivity contribution is 7.89. The van der Waals surface area contributed by atoms with Crippen LogP contribution in [-0.4, -0.2) is 51.8 Å². The Kier molecular flexibility index (Phi) is 7.52. The zero-order valence-electron chi connectivity index (χ0n) is 16.2. The lowest BCUT2D eigenvalue weighted by atomic mass is 10.2. The van der Waals surface area contributed by atoms with Gasteiger partial charge in [0.25, 0.3) is 0 Å². The van der Waals surface area contributed by atoms with Crippen LogP contribution in [0.15, 0.2) is 66.1 Å². The summed E-state index contributed by atoms with van der Waals surface area (Å²) in [5, 5.41) is 5.62. The van der Waals surface area contributed by atoms with Gasteiger partial charge in [0.15, 0.2) is 0 Å². The van der Waals surface area contributed by atoms with E-state index in [4.69, 9.17) is 0 Å². The Morgan fingerprint density at radius 1 is 1.07 bits per heavy atom. The third-order valence-corrected chi connectivity index (χ3v) is 5.83. The molecule has 1 amide bonds. The Morgan fingerprint density at radius 3 is 2.21 bits per heavy atom. The van der Waals surface area contributed by atoms with Gasteiger partial charge in [-0.3, -0.25) is 4.79 Å². The maximum Gasteiger partial charge on any atom is 0.337 e. The largest absolute Gasteiger partial charge is 0.465 e. The summed E-state index contributed by atoms with van der Waals surface area (Å²) in [6, 6.07) is 12.4. The van der Waals surface area contributed by atoms with Gasteiger partial charge in [0, 0.05) is 25.0 Å². The van der Waals surface area contributed by atoms with E-state index in [9.17, 15) is 18.0 Å². The van der Waals surface area contributed by atoms with Crippen molar-refractivity contribution in [2.45, 2.75) is 4.90 Å². The van der Waals surface area contributed by atoms with Crippen LogP contribution in [0, 0.1) is 0 Å². The Morgan fingerprint density at radius 2 is 1.66 bits per heavy atom. The molecule has 0 aliphatic rings. The fourth-order valence-corrected chi connectivity index (χ4v) is 3.54. The molecule has 2 aromatic rings. The minimum Gasteiger partial charge on any atom is -0.465 e. The lowest BCUT2D eigenvalue weighted by Crippen LogP contribution is -2.27. The summed E-state index contributed by atoms with van der Waals surface area (Å²) in [7, 11) is -0.805. The van der Waals surface area contributed by atoms with Gasteiger partial charge in [0.2, 0.25) is 15.9 Å². The number of likely N-dealkylation sites (N-methyl/N-ethyl adjacent to an activating group) is 1. The molecule has 0 radical (unpaired) electrons. The SMILES string of the molecule is C=CCN(C)S(=O)(=O)c1ccc(NCC(=O)Nc2ccc(C(=O)OC)cc2)cc1. The monoisotopic (exact) mass is 417 g/mol. The van der Waals surface area contributed by atoms with E-state index in [1.165, 1.54) is 36.7 Å². The van der Waals surface area contributed by atoms with E-state index in [-0.39, 0.29) is 23.9 Å². The standard InChI is InChI=1S/C20H23N3O5S/c1-4-13-23(2)29(26,27)18-11-9-16(10-12-18)21-14-19(24)22-17-7-5-15(6-8-17)20(25)28-3/h4-12,21H,1,13-14H2,2-3H3,(H,22,24). The van der Waals surface area contributed by atoms with Crippen LogP contribution in [0.1, 0.15) is 10.4 Å². The second-order valence-corrected chi connectivity index (χ2v) is 8.11. The Bertz CT molecular complexity index is 970. The number of methoxy groups -OCH3 is 1. The van der Waals surface area contributed by atoms with Gasteiger partial charge in [-0.15, -0.1) is 6.58 Å². The van der Waals surface area contributed by atoms with Crippen molar-refractivity contribution in [2.24, 2.45) is 0 Å². The summed E-state index contributed by atoms with van der Waals surface area (Å²) in [6.45, 7) is 3.73. The second kappa shape index (κ2) is 9.85. The molecule has 0 heterocycles. The molecular weight excluding hydrogens is 394 g/mol. The number of hydrogen-bond donors (Lipinski definition) is 2. The Balaban J connectivity index is 1.92. The molecule has 0 unspecified atom stereocenters. The van der Waals surface area contributed by atoms with Gasteiger partial charge in [-0.25, -0.2) is 13.2 Å². The van der Waals surface area contributed by atoms with E-state index in [0.717, 1.165) is 0 Å². The van der Waals surface area contributed by atoms with Crippen LogP contribution in [-0.2, 0) is 19.6 Å². The number of benzene rings is 2. The van der Waals surface area contributed by atoms with Crippen molar-refractivity contribution in [2.75, 3.05) is 37.9 Å². The molecule has 2 N–H and O–H groups in total. The third-order valence-electron chi connectivity index (χ3n) is 3.99. The first kappa shape index (κ1) is 22.1. The number of carbonyl (C=O) groups excluding carboxylic acids is 2. The molecule has 0 saturated carbocycles. The number of sulfonamides is 1. The lowest BCUT2D eigenvalue weighted by Gasteiger charge is -2.15. The maximum absolute atomic E-state index is 12.4. The van der Waals surface area contributed by atoms with E-state index in [1.54, 1.807) is 36.4 Å². The van der Waals surface area contributed by atoms with Crippen molar-refractivity contribution >= 4 is 33.3 Å². The molecular formula is C20H23N3O5S. The molecule has 0 atom stereocenters. The van der Waals surface area contributed by atoms with Gasteiger partial charge in [0.05, 0.1) is 24.1 Å². The van der Waals surface area contributed by atoms with Crippen molar-refractivity contribution in [1.29, 1.82) is 0 Å². The van der Waals surface area contributed by atoms with E-state index in [0.29, 0.717) is 16.9 Å². The van der Waals surface area contributed by atoms with Gasteiger partial charge in [-0.1, -0.05) is 6.08 Å². The number of nitrogens with one attached hydrogen (secondary N) is 2. The van der Waals surface area contributed by atoms with Crippen LogP contribution < -0.4 is 10.6 Å². The number of amides is 1. The van der Waals surface area contributed by atoms with Gasteiger partial charge < -0.3 is 15.4 Å². The van der Waals surface area contributed by atoms with Crippen molar-refractivity contribution in [3.63, 3.8) is 0 Å². The highest BCUT2D eigenvalue weighted by atomic mass is 32.2. The van der Waals surface area contributed by atoms with Crippen molar-refractivity contribution < 1.29 is 22.7 Å². The first-order valence-electron chi connectivity index (χ1n) is 8.67. The van der Waals surface area contributed by atoms with Crippen molar-refractivity contribution in [1.82, 2.24) is 4.31 Å². The van der Waals surface area contributed by atoms with Gasteiger partial charge in [0.1, 0.15) is 0 Å². The summed E-state index contributed by atoms with van der Waals surface area (Å²) in [5.74, 6) is -0.746. The molecule has 0 aliphatic carbocycles. The van der Waals surface area contributed by atoms with Crippen LogP contribution in [0.3, 0.4) is 0 Å². The predicted molar refractivity (Wildman–Crippen MR) is 111 cm³/mol. The topological polar surface area (TPSA) is 105 Å². The normalized spacial score (nSPS) is 11.0. The van der Waals surface area contributed by atoms with Crippen LogP contribution in [0.2, 0.25) is 0 Å². The summed E-state index contributed by atoms with van der Waals surface area (Å²) < 4.78 is 30.5.